The summed E-state index contributed by atoms with van der Waals surface area (Å²) in [6, 6.07) is 9.14. The molecule has 4 heteroatoms. The molecule has 17 heavy (non-hydrogen) atoms. The molecule has 0 unspecified atom stereocenters. The topological polar surface area (TPSA) is 60.2 Å². The van der Waals surface area contributed by atoms with Gasteiger partial charge in [0, 0.05) is 5.56 Å². The molecule has 1 aliphatic carbocycles. The largest absolute Gasteiger partial charge is 0.432 e. The van der Waals surface area contributed by atoms with Gasteiger partial charge in [-0.1, -0.05) is 18.2 Å². The molecule has 0 atom stereocenters. The van der Waals surface area contributed by atoms with Crippen molar-refractivity contribution >= 4 is 11.6 Å². The summed E-state index contributed by atoms with van der Waals surface area (Å²) in [6.07, 6.45) is 2.41. The molecule has 0 saturated heterocycles. The van der Waals surface area contributed by atoms with Crippen LogP contribution in [-0.4, -0.2) is 16.6 Å². The van der Waals surface area contributed by atoms with E-state index in [1.807, 2.05) is 18.2 Å². The Bertz CT molecular complexity index is 602. The first kappa shape index (κ1) is 9.72. The molecule has 0 radical (unpaired) electrons. The van der Waals surface area contributed by atoms with Crippen molar-refractivity contribution < 1.29 is 14.0 Å². The average Bonchev–Trinajstić information content (AvgIpc) is 2.81. The number of oxazole rings is 1. The minimum absolute atomic E-state index is 0.0244. The molecule has 0 bridgehead atoms. The van der Waals surface area contributed by atoms with Gasteiger partial charge < -0.3 is 4.42 Å². The minimum Gasteiger partial charge on any atom is -0.432 e. The zero-order chi connectivity index (χ0) is 11.8. The fourth-order valence-electron chi connectivity index (χ4n) is 1.66. The number of hydrogen-bond acceptors (Lipinski definition) is 4. The lowest BCUT2D eigenvalue weighted by molar-refractivity contribution is 0.0974. The van der Waals surface area contributed by atoms with Gasteiger partial charge in [0.2, 0.25) is 23.2 Å². The van der Waals surface area contributed by atoms with Crippen LogP contribution in [0, 0.1) is 0 Å². The molecule has 0 aliphatic heterocycles. The monoisotopic (exact) mass is 225 g/mol. The van der Waals surface area contributed by atoms with Gasteiger partial charge in [-0.15, -0.1) is 0 Å². The second kappa shape index (κ2) is 3.52. The highest BCUT2D eigenvalue weighted by Gasteiger charge is 2.26. The first-order valence-corrected chi connectivity index (χ1v) is 5.09. The van der Waals surface area contributed by atoms with Gasteiger partial charge in [0.05, 0.1) is 0 Å². The summed E-state index contributed by atoms with van der Waals surface area (Å²) in [4.78, 5) is 27.1. The standard InChI is InChI=1S/C13H7NO3/c15-9-6-7-10(16)12-11(9)14-13(17-12)8-4-2-1-3-5-8/h1-7H. The summed E-state index contributed by atoms with van der Waals surface area (Å²) in [6.45, 7) is 0. The first-order valence-electron chi connectivity index (χ1n) is 5.09. The summed E-state index contributed by atoms with van der Waals surface area (Å²) >= 11 is 0. The summed E-state index contributed by atoms with van der Waals surface area (Å²) in [5, 5.41) is 0. The molecule has 2 aromatic rings. The molecule has 1 aliphatic rings. The van der Waals surface area contributed by atoms with Crippen LogP contribution < -0.4 is 0 Å². The van der Waals surface area contributed by atoms with Gasteiger partial charge in [0.25, 0.3) is 0 Å². The lowest BCUT2D eigenvalue weighted by Gasteiger charge is -1.97. The van der Waals surface area contributed by atoms with Gasteiger partial charge in [0.15, 0.2) is 5.69 Å². The molecule has 0 fully saturated rings. The molecule has 0 amide bonds. The molecule has 0 N–H and O–H groups in total. The number of aromatic nitrogens is 1. The molecule has 1 heterocycles. The van der Waals surface area contributed by atoms with E-state index in [1.54, 1.807) is 12.1 Å². The molecule has 3 rings (SSSR count). The highest BCUT2D eigenvalue weighted by molar-refractivity contribution is 6.20. The second-order valence-corrected chi connectivity index (χ2v) is 3.62. The van der Waals surface area contributed by atoms with E-state index < -0.39 is 0 Å². The Balaban J connectivity index is 2.15. The number of fused-ring (bicyclic) bond motifs is 1. The Morgan fingerprint density at radius 2 is 1.65 bits per heavy atom. The van der Waals surface area contributed by atoms with E-state index in [2.05, 4.69) is 4.98 Å². The van der Waals surface area contributed by atoms with Crippen LogP contribution in [0.3, 0.4) is 0 Å². The number of rotatable bonds is 1. The van der Waals surface area contributed by atoms with Crippen LogP contribution in [0.1, 0.15) is 21.0 Å². The number of ketones is 2. The maximum atomic E-state index is 11.5. The Labute approximate surface area is 96.6 Å². The minimum atomic E-state index is -0.325. The Morgan fingerprint density at radius 3 is 2.35 bits per heavy atom. The van der Waals surface area contributed by atoms with Crippen molar-refractivity contribution in [1.82, 2.24) is 4.98 Å². The fourth-order valence-corrected chi connectivity index (χ4v) is 1.66. The van der Waals surface area contributed by atoms with Gasteiger partial charge in [-0.05, 0) is 24.3 Å². The van der Waals surface area contributed by atoms with Crippen LogP contribution in [-0.2, 0) is 0 Å². The van der Waals surface area contributed by atoms with Gasteiger partial charge in [-0.25, -0.2) is 4.98 Å². The van der Waals surface area contributed by atoms with Crippen LogP contribution in [0.5, 0.6) is 0 Å². The van der Waals surface area contributed by atoms with Crippen LogP contribution in [0.4, 0.5) is 0 Å². The van der Waals surface area contributed by atoms with E-state index in [0.717, 1.165) is 5.56 Å². The predicted octanol–water partition coefficient (Wildman–Crippen LogP) is 2.28. The maximum Gasteiger partial charge on any atom is 0.227 e. The van der Waals surface area contributed by atoms with Crippen LogP contribution >= 0.6 is 0 Å². The zero-order valence-corrected chi connectivity index (χ0v) is 8.71. The average molecular weight is 225 g/mol. The van der Waals surface area contributed by atoms with Crippen molar-refractivity contribution in [2.75, 3.05) is 0 Å². The Kier molecular flexibility index (Phi) is 2.01. The molecular formula is C13H7NO3. The highest BCUT2D eigenvalue weighted by atomic mass is 16.4. The van der Waals surface area contributed by atoms with Crippen LogP contribution in [0.25, 0.3) is 11.5 Å². The lowest BCUT2D eigenvalue weighted by Crippen LogP contribution is -2.09. The lowest BCUT2D eigenvalue weighted by atomic mass is 10.1. The van der Waals surface area contributed by atoms with Crippen molar-refractivity contribution in [2.24, 2.45) is 0 Å². The zero-order valence-electron chi connectivity index (χ0n) is 8.71. The van der Waals surface area contributed by atoms with Crippen LogP contribution in [0.15, 0.2) is 46.9 Å². The normalized spacial score (nSPS) is 13.9. The predicted molar refractivity (Wildman–Crippen MR) is 59.7 cm³/mol. The number of nitrogens with zero attached hydrogens (tertiary/aromatic N) is 1. The van der Waals surface area contributed by atoms with E-state index in [9.17, 15) is 9.59 Å². The smallest absolute Gasteiger partial charge is 0.227 e. The first-order chi connectivity index (χ1) is 8.25. The summed E-state index contributed by atoms with van der Waals surface area (Å²) < 4.78 is 5.34. The number of benzene rings is 1. The van der Waals surface area contributed by atoms with Gasteiger partial charge in [-0.2, -0.15) is 0 Å². The van der Waals surface area contributed by atoms with Crippen molar-refractivity contribution in [3.8, 4) is 11.5 Å². The van der Waals surface area contributed by atoms with Crippen molar-refractivity contribution in [3.05, 3.63) is 53.9 Å². The molecule has 1 aromatic heterocycles. The van der Waals surface area contributed by atoms with E-state index in [1.165, 1.54) is 12.2 Å². The third-order valence-corrected chi connectivity index (χ3v) is 2.49. The van der Waals surface area contributed by atoms with E-state index in [0.29, 0.717) is 5.89 Å². The van der Waals surface area contributed by atoms with E-state index in [4.69, 9.17) is 4.42 Å². The number of allylic oxidation sites excluding steroid dienone is 2. The van der Waals surface area contributed by atoms with Crippen molar-refractivity contribution in [1.29, 1.82) is 0 Å². The third-order valence-electron chi connectivity index (χ3n) is 2.49. The summed E-state index contributed by atoms with van der Waals surface area (Å²) in [5.41, 5.74) is 0.832. The molecule has 1 aromatic carbocycles. The van der Waals surface area contributed by atoms with Crippen LogP contribution in [0.2, 0.25) is 0 Å². The summed E-state index contributed by atoms with van der Waals surface area (Å²) in [5.74, 6) is -0.308. The molecule has 0 saturated carbocycles. The second-order valence-electron chi connectivity index (χ2n) is 3.62. The highest BCUT2D eigenvalue weighted by Crippen LogP contribution is 2.24. The fraction of sp³-hybridized carbons (Fsp3) is 0. The van der Waals surface area contributed by atoms with Crippen molar-refractivity contribution in [2.45, 2.75) is 0 Å². The number of hydrogen-bond donors (Lipinski definition) is 0. The number of carbonyl (C=O) groups excluding carboxylic acids is 2. The maximum absolute atomic E-state index is 11.5. The molecular weight excluding hydrogens is 218 g/mol. The number of carbonyl (C=O) groups is 2. The third kappa shape index (κ3) is 1.50. The van der Waals surface area contributed by atoms with Crippen molar-refractivity contribution in [3.63, 3.8) is 0 Å². The molecule has 0 spiro atoms. The Morgan fingerprint density at radius 1 is 0.941 bits per heavy atom. The van der Waals surface area contributed by atoms with E-state index >= 15 is 0 Å². The molecule has 82 valence electrons. The summed E-state index contributed by atoms with van der Waals surface area (Å²) in [7, 11) is 0. The van der Waals surface area contributed by atoms with E-state index in [-0.39, 0.29) is 23.0 Å². The molecule has 4 nitrogen and oxygen atoms in total. The van der Waals surface area contributed by atoms with Gasteiger partial charge >= 0.3 is 0 Å². The van der Waals surface area contributed by atoms with Gasteiger partial charge in [0.1, 0.15) is 0 Å². The van der Waals surface area contributed by atoms with Gasteiger partial charge in [-0.3, -0.25) is 9.59 Å². The Hall–Kier alpha value is -2.49. The quantitative estimate of drug-likeness (QED) is 0.746. The SMILES string of the molecule is O=C1C=CC(=O)c2oc(-c3ccccc3)nc21.